The predicted molar refractivity (Wildman–Crippen MR) is 60.8 cm³/mol. The van der Waals surface area contributed by atoms with Crippen LogP contribution in [0.2, 0.25) is 0 Å². The summed E-state index contributed by atoms with van der Waals surface area (Å²) in [6.07, 6.45) is 4.09. The number of H-pyrrole nitrogens is 1. The van der Waals surface area contributed by atoms with E-state index in [1.165, 1.54) is 24.5 Å². The fourth-order valence-electron chi connectivity index (χ4n) is 1.22. The number of carbonyl (C=O) groups is 2. The molecule has 0 saturated carbocycles. The van der Waals surface area contributed by atoms with Crippen molar-refractivity contribution in [1.29, 1.82) is 0 Å². The fraction of sp³-hybridized carbons (Fsp3) is 0.182. The number of hydrogen-bond acceptors (Lipinski definition) is 3. The van der Waals surface area contributed by atoms with E-state index < -0.39 is 23.3 Å². The number of aromatic nitrogens is 1. The van der Waals surface area contributed by atoms with Gasteiger partial charge in [-0.15, -0.1) is 6.58 Å². The van der Waals surface area contributed by atoms with E-state index in [9.17, 15) is 14.4 Å². The highest BCUT2D eigenvalue weighted by atomic mass is 16.4. The Kier molecular flexibility index (Phi) is 4.21. The first-order chi connectivity index (χ1) is 8.06. The standard InChI is InChI=1S/C11H12N2O4/c1-2-3-8(11(16)17)13-10(15)7-6-12-5-4-9(7)14/h2,4-6,8H,1,3H2,(H,12,14)(H,13,15)(H,16,17). The molecule has 0 aromatic carbocycles. The van der Waals surface area contributed by atoms with Crippen molar-refractivity contribution in [2.24, 2.45) is 0 Å². The second-order valence-electron chi connectivity index (χ2n) is 3.31. The molecule has 90 valence electrons. The maximum absolute atomic E-state index is 11.6. The monoisotopic (exact) mass is 236 g/mol. The van der Waals surface area contributed by atoms with Gasteiger partial charge in [0.15, 0.2) is 5.43 Å². The van der Waals surface area contributed by atoms with Crippen LogP contribution in [0.5, 0.6) is 0 Å². The Balaban J connectivity index is 2.85. The first kappa shape index (κ1) is 12.7. The largest absolute Gasteiger partial charge is 0.480 e. The Hall–Kier alpha value is -2.37. The normalized spacial score (nSPS) is 11.5. The highest BCUT2D eigenvalue weighted by molar-refractivity contribution is 5.96. The van der Waals surface area contributed by atoms with E-state index in [1.807, 2.05) is 0 Å². The molecule has 0 aliphatic carbocycles. The highest BCUT2D eigenvalue weighted by Crippen LogP contribution is 1.96. The summed E-state index contributed by atoms with van der Waals surface area (Å²) in [7, 11) is 0. The average molecular weight is 236 g/mol. The van der Waals surface area contributed by atoms with Crippen LogP contribution in [0.15, 0.2) is 35.9 Å². The maximum Gasteiger partial charge on any atom is 0.326 e. The van der Waals surface area contributed by atoms with E-state index in [0.717, 1.165) is 0 Å². The van der Waals surface area contributed by atoms with Crippen LogP contribution in [0, 0.1) is 0 Å². The summed E-state index contributed by atoms with van der Waals surface area (Å²) in [6.45, 7) is 3.40. The van der Waals surface area contributed by atoms with E-state index in [1.54, 1.807) is 0 Å². The predicted octanol–water partition coefficient (Wildman–Crippen LogP) is 0.134. The molecule has 1 unspecified atom stereocenters. The van der Waals surface area contributed by atoms with Gasteiger partial charge in [-0.3, -0.25) is 9.59 Å². The summed E-state index contributed by atoms with van der Waals surface area (Å²) in [5.74, 6) is -1.90. The average Bonchev–Trinajstić information content (AvgIpc) is 2.28. The van der Waals surface area contributed by atoms with Gasteiger partial charge in [-0.2, -0.15) is 0 Å². The zero-order chi connectivity index (χ0) is 12.8. The van der Waals surface area contributed by atoms with Gasteiger partial charge in [0, 0.05) is 18.5 Å². The zero-order valence-corrected chi connectivity index (χ0v) is 8.97. The molecule has 1 amide bonds. The topological polar surface area (TPSA) is 99.3 Å². The van der Waals surface area contributed by atoms with Crippen molar-refractivity contribution >= 4 is 11.9 Å². The van der Waals surface area contributed by atoms with Gasteiger partial charge in [0.1, 0.15) is 11.6 Å². The van der Waals surface area contributed by atoms with Gasteiger partial charge < -0.3 is 15.4 Å². The minimum atomic E-state index is -1.18. The lowest BCUT2D eigenvalue weighted by Gasteiger charge is -2.11. The van der Waals surface area contributed by atoms with Gasteiger partial charge in [-0.1, -0.05) is 6.08 Å². The Morgan fingerprint density at radius 1 is 1.59 bits per heavy atom. The third-order valence-electron chi connectivity index (χ3n) is 2.07. The van der Waals surface area contributed by atoms with Gasteiger partial charge in [0.05, 0.1) is 0 Å². The molecular formula is C11H12N2O4. The quantitative estimate of drug-likeness (QED) is 0.633. The minimum absolute atomic E-state index is 0.0891. The van der Waals surface area contributed by atoms with Gasteiger partial charge in [0.25, 0.3) is 5.91 Å². The van der Waals surface area contributed by atoms with E-state index in [-0.39, 0.29) is 12.0 Å². The molecule has 6 heteroatoms. The van der Waals surface area contributed by atoms with E-state index >= 15 is 0 Å². The Labute approximate surface area is 97.0 Å². The van der Waals surface area contributed by atoms with Gasteiger partial charge in [-0.25, -0.2) is 4.79 Å². The van der Waals surface area contributed by atoms with Crippen molar-refractivity contribution in [2.75, 3.05) is 0 Å². The van der Waals surface area contributed by atoms with Crippen LogP contribution < -0.4 is 10.7 Å². The number of hydrogen-bond donors (Lipinski definition) is 3. The molecular weight excluding hydrogens is 224 g/mol. The molecule has 0 aliphatic rings. The van der Waals surface area contributed by atoms with Crippen LogP contribution in [-0.4, -0.2) is 28.0 Å². The SMILES string of the molecule is C=CCC(NC(=O)c1c[nH]ccc1=O)C(=O)O. The van der Waals surface area contributed by atoms with Crippen LogP contribution in [0.3, 0.4) is 0 Å². The molecule has 0 aliphatic heterocycles. The second kappa shape index (κ2) is 5.64. The number of pyridine rings is 1. The first-order valence-corrected chi connectivity index (χ1v) is 4.88. The number of carbonyl (C=O) groups excluding carboxylic acids is 1. The molecule has 0 spiro atoms. The molecule has 0 bridgehead atoms. The second-order valence-corrected chi connectivity index (χ2v) is 3.31. The Morgan fingerprint density at radius 2 is 2.29 bits per heavy atom. The molecule has 0 saturated heterocycles. The molecule has 3 N–H and O–H groups in total. The molecule has 1 atom stereocenters. The first-order valence-electron chi connectivity index (χ1n) is 4.88. The molecule has 6 nitrogen and oxygen atoms in total. The highest BCUT2D eigenvalue weighted by Gasteiger charge is 2.20. The summed E-state index contributed by atoms with van der Waals surface area (Å²) in [5.41, 5.74) is -0.591. The maximum atomic E-state index is 11.6. The molecule has 1 aromatic rings. The number of rotatable bonds is 5. The number of amides is 1. The van der Waals surface area contributed by atoms with Gasteiger partial charge in [-0.05, 0) is 6.42 Å². The molecule has 0 radical (unpaired) electrons. The molecule has 17 heavy (non-hydrogen) atoms. The molecule has 1 aromatic heterocycles. The van der Waals surface area contributed by atoms with Gasteiger partial charge >= 0.3 is 5.97 Å². The van der Waals surface area contributed by atoms with Crippen molar-refractivity contribution in [1.82, 2.24) is 10.3 Å². The number of nitrogens with one attached hydrogen (secondary N) is 2. The van der Waals surface area contributed by atoms with E-state index in [4.69, 9.17) is 5.11 Å². The van der Waals surface area contributed by atoms with Crippen LogP contribution in [0.1, 0.15) is 16.8 Å². The van der Waals surface area contributed by atoms with E-state index in [2.05, 4.69) is 16.9 Å². The zero-order valence-electron chi connectivity index (χ0n) is 8.97. The number of aromatic amines is 1. The van der Waals surface area contributed by atoms with Crippen LogP contribution >= 0.6 is 0 Å². The third kappa shape index (κ3) is 3.30. The summed E-state index contributed by atoms with van der Waals surface area (Å²) >= 11 is 0. The third-order valence-corrected chi connectivity index (χ3v) is 2.07. The number of carboxylic acids is 1. The molecule has 1 heterocycles. The lowest BCUT2D eigenvalue weighted by molar-refractivity contribution is -0.139. The van der Waals surface area contributed by atoms with Crippen molar-refractivity contribution < 1.29 is 14.7 Å². The van der Waals surface area contributed by atoms with E-state index in [0.29, 0.717) is 0 Å². The number of aliphatic carboxylic acids is 1. The fourth-order valence-corrected chi connectivity index (χ4v) is 1.22. The molecule has 1 rings (SSSR count). The molecule has 0 fully saturated rings. The van der Waals surface area contributed by atoms with Crippen molar-refractivity contribution in [3.05, 3.63) is 46.9 Å². The minimum Gasteiger partial charge on any atom is -0.480 e. The van der Waals surface area contributed by atoms with Crippen LogP contribution in [0.4, 0.5) is 0 Å². The summed E-state index contributed by atoms with van der Waals surface area (Å²) in [5, 5.41) is 11.1. The van der Waals surface area contributed by atoms with Crippen molar-refractivity contribution in [3.63, 3.8) is 0 Å². The van der Waals surface area contributed by atoms with Crippen LogP contribution in [0.25, 0.3) is 0 Å². The lowest BCUT2D eigenvalue weighted by atomic mass is 10.2. The smallest absolute Gasteiger partial charge is 0.326 e. The number of carboxylic acid groups (broad SMARTS) is 1. The van der Waals surface area contributed by atoms with Gasteiger partial charge in [0.2, 0.25) is 0 Å². The lowest BCUT2D eigenvalue weighted by Crippen LogP contribution is -2.41. The van der Waals surface area contributed by atoms with Crippen molar-refractivity contribution in [3.8, 4) is 0 Å². The summed E-state index contributed by atoms with van der Waals surface area (Å²) < 4.78 is 0. The van der Waals surface area contributed by atoms with Crippen molar-refractivity contribution in [2.45, 2.75) is 12.5 Å². The Morgan fingerprint density at radius 3 is 2.82 bits per heavy atom. The van der Waals surface area contributed by atoms with Crippen LogP contribution in [-0.2, 0) is 4.79 Å². The summed E-state index contributed by atoms with van der Waals surface area (Å²) in [6, 6.07) is 0.109. The Bertz CT molecular complexity index is 492. The summed E-state index contributed by atoms with van der Waals surface area (Å²) in [4.78, 5) is 36.3.